The normalized spacial score (nSPS) is 10.3. The average molecular weight is 431 g/mol. The molecule has 2 aromatic rings. The summed E-state index contributed by atoms with van der Waals surface area (Å²) in [5.41, 5.74) is 2.62. The minimum absolute atomic E-state index is 0.164. The summed E-state index contributed by atoms with van der Waals surface area (Å²) in [6.45, 7) is 0. The maximum Gasteiger partial charge on any atom is 0.418 e. The van der Waals surface area contributed by atoms with Crippen molar-refractivity contribution in [2.24, 2.45) is 0 Å². The molecule has 2 N–H and O–H groups in total. The lowest BCUT2D eigenvalue weighted by molar-refractivity contribution is -0.385. The van der Waals surface area contributed by atoms with E-state index in [1.807, 2.05) is 0 Å². The van der Waals surface area contributed by atoms with Crippen molar-refractivity contribution in [3.05, 3.63) is 73.3 Å². The van der Waals surface area contributed by atoms with Crippen LogP contribution >= 0.6 is 0 Å². The Hall–Kier alpha value is -4.38. The largest absolute Gasteiger partial charge is 0.418 e. The molecule has 11 heteroatoms. The van der Waals surface area contributed by atoms with Crippen LogP contribution < -0.4 is 5.73 Å². The summed E-state index contributed by atoms with van der Waals surface area (Å²) in [7, 11) is 0. The second kappa shape index (κ2) is 9.41. The second-order valence-electron chi connectivity index (χ2n) is 6.01. The van der Waals surface area contributed by atoms with Gasteiger partial charge < -0.3 is 5.73 Å². The predicted molar refractivity (Wildman–Crippen MR) is 104 cm³/mol. The monoisotopic (exact) mass is 431 g/mol. The number of carbonyl (C=O) groups is 1. The van der Waals surface area contributed by atoms with Gasteiger partial charge in [0, 0.05) is 41.9 Å². The number of ketones is 1. The van der Waals surface area contributed by atoms with Crippen LogP contribution in [-0.4, -0.2) is 15.6 Å². The van der Waals surface area contributed by atoms with Gasteiger partial charge in [-0.05, 0) is 29.5 Å². The van der Waals surface area contributed by atoms with E-state index in [0.717, 1.165) is 6.07 Å². The fraction of sp³-hybridized carbons (Fsp3) is 0.150. The maximum atomic E-state index is 13.0. The van der Waals surface area contributed by atoms with Gasteiger partial charge in [0.1, 0.15) is 0 Å². The molecule has 0 aliphatic heterocycles. The number of carbonyl (C=O) groups excluding carboxylic acids is 1. The number of anilines is 1. The lowest BCUT2D eigenvalue weighted by atomic mass is 10.0. The van der Waals surface area contributed by atoms with Crippen molar-refractivity contribution in [1.82, 2.24) is 0 Å². The molecule has 0 radical (unpaired) electrons. The summed E-state index contributed by atoms with van der Waals surface area (Å²) >= 11 is 0. The van der Waals surface area contributed by atoms with E-state index < -0.39 is 38.7 Å². The van der Waals surface area contributed by atoms with E-state index in [1.54, 1.807) is 0 Å². The summed E-state index contributed by atoms with van der Waals surface area (Å²) in [5.74, 6) is 9.19. The van der Waals surface area contributed by atoms with Crippen molar-refractivity contribution in [1.29, 1.82) is 0 Å². The minimum atomic E-state index is -4.86. The number of nitrogens with two attached hydrogens (primary N) is 1. The molecule has 0 aromatic heterocycles. The number of nitrogens with zero attached hydrogens (tertiary/aromatic N) is 2. The third-order valence-corrected chi connectivity index (χ3v) is 3.93. The Balaban J connectivity index is 2.09. The SMILES string of the molecule is Nc1c(CC#CC#CCC(=O)c2ccc([N+](=O)[O-])cc2)cc([N+](=O)[O-])cc1C(F)(F)F. The van der Waals surface area contributed by atoms with Gasteiger partial charge in [0.2, 0.25) is 0 Å². The van der Waals surface area contributed by atoms with Crippen molar-refractivity contribution in [3.63, 3.8) is 0 Å². The molecule has 2 aromatic carbocycles. The first-order chi connectivity index (χ1) is 14.5. The molecule has 0 heterocycles. The summed E-state index contributed by atoms with van der Waals surface area (Å²) in [5, 5.41) is 21.4. The predicted octanol–water partition coefficient (Wildman–Crippen LogP) is 3.93. The zero-order chi connectivity index (χ0) is 23.2. The van der Waals surface area contributed by atoms with Crippen LogP contribution in [0.4, 0.5) is 30.2 Å². The Bertz CT molecular complexity index is 1170. The zero-order valence-corrected chi connectivity index (χ0v) is 15.5. The molecule has 0 saturated carbocycles. The molecular formula is C20H12F3N3O5. The van der Waals surface area contributed by atoms with Gasteiger partial charge in [-0.1, -0.05) is 11.8 Å². The number of hydrogen-bond donors (Lipinski definition) is 1. The van der Waals surface area contributed by atoms with Crippen LogP contribution in [0.25, 0.3) is 0 Å². The van der Waals surface area contributed by atoms with Crippen LogP contribution in [0.15, 0.2) is 36.4 Å². The van der Waals surface area contributed by atoms with Gasteiger partial charge in [0.25, 0.3) is 11.4 Å². The van der Waals surface area contributed by atoms with Crippen LogP contribution in [0, 0.1) is 43.9 Å². The first kappa shape index (κ1) is 22.9. The first-order valence-electron chi connectivity index (χ1n) is 8.38. The first-order valence-corrected chi connectivity index (χ1v) is 8.38. The molecule has 31 heavy (non-hydrogen) atoms. The van der Waals surface area contributed by atoms with E-state index in [1.165, 1.54) is 24.3 Å². The number of hydrogen-bond acceptors (Lipinski definition) is 6. The molecule has 0 spiro atoms. The molecular weight excluding hydrogens is 419 g/mol. The Kier molecular flexibility index (Phi) is 6.95. The van der Waals surface area contributed by atoms with Gasteiger partial charge in [0.05, 0.1) is 21.8 Å². The van der Waals surface area contributed by atoms with Crippen molar-refractivity contribution in [2.45, 2.75) is 19.0 Å². The van der Waals surface area contributed by atoms with Gasteiger partial charge in [-0.2, -0.15) is 13.2 Å². The van der Waals surface area contributed by atoms with Crippen molar-refractivity contribution in [3.8, 4) is 23.7 Å². The number of halogens is 3. The van der Waals surface area contributed by atoms with E-state index in [4.69, 9.17) is 5.73 Å². The summed E-state index contributed by atoms with van der Waals surface area (Å²) < 4.78 is 39.0. The molecule has 0 atom stereocenters. The summed E-state index contributed by atoms with van der Waals surface area (Å²) in [6.07, 6.45) is -5.42. The van der Waals surface area contributed by atoms with Crippen molar-refractivity contribution < 1.29 is 27.8 Å². The summed E-state index contributed by atoms with van der Waals surface area (Å²) in [6, 6.07) is 6.20. The smallest absolute Gasteiger partial charge is 0.398 e. The molecule has 0 unspecified atom stereocenters. The van der Waals surface area contributed by atoms with E-state index >= 15 is 0 Å². The number of nitrogen functional groups attached to an aromatic ring is 1. The number of nitro groups is 2. The number of rotatable bonds is 5. The molecule has 158 valence electrons. The maximum absolute atomic E-state index is 13.0. The topological polar surface area (TPSA) is 129 Å². The van der Waals surface area contributed by atoms with Crippen LogP contribution in [0.3, 0.4) is 0 Å². The van der Waals surface area contributed by atoms with Gasteiger partial charge in [-0.3, -0.25) is 25.0 Å². The zero-order valence-electron chi connectivity index (χ0n) is 15.5. The van der Waals surface area contributed by atoms with Crippen LogP contribution in [0.1, 0.15) is 27.9 Å². The number of nitro benzene ring substituents is 2. The van der Waals surface area contributed by atoms with E-state index in [-0.39, 0.29) is 29.7 Å². The fourth-order valence-corrected chi connectivity index (χ4v) is 2.41. The van der Waals surface area contributed by atoms with Gasteiger partial charge in [0.15, 0.2) is 5.78 Å². The van der Waals surface area contributed by atoms with E-state index in [2.05, 4.69) is 23.7 Å². The van der Waals surface area contributed by atoms with Gasteiger partial charge in [-0.15, -0.1) is 0 Å². The number of alkyl halides is 3. The lowest BCUT2D eigenvalue weighted by Gasteiger charge is -2.12. The van der Waals surface area contributed by atoms with Crippen LogP contribution in [0.2, 0.25) is 0 Å². The quantitative estimate of drug-likeness (QED) is 0.251. The molecule has 0 aliphatic rings. The van der Waals surface area contributed by atoms with E-state index in [0.29, 0.717) is 6.07 Å². The Morgan fingerprint density at radius 1 is 0.968 bits per heavy atom. The molecule has 0 amide bonds. The molecule has 0 bridgehead atoms. The second-order valence-corrected chi connectivity index (χ2v) is 6.01. The van der Waals surface area contributed by atoms with Gasteiger partial charge in [-0.25, -0.2) is 0 Å². The van der Waals surface area contributed by atoms with Gasteiger partial charge >= 0.3 is 6.18 Å². The average Bonchev–Trinajstić information content (AvgIpc) is 2.70. The Morgan fingerprint density at radius 3 is 2.10 bits per heavy atom. The van der Waals surface area contributed by atoms with Crippen molar-refractivity contribution >= 4 is 22.8 Å². The number of Topliss-reactive ketones (excluding diaryl/α,β-unsaturated/α-hetero) is 1. The molecule has 2 rings (SSSR count). The highest BCUT2D eigenvalue weighted by Crippen LogP contribution is 2.37. The third-order valence-electron chi connectivity index (χ3n) is 3.93. The standard InChI is InChI=1S/C20H12F3N3O5/c21-20(22,23)17-12-16(26(30)31)11-14(19(17)24)5-3-1-2-4-6-18(27)13-7-9-15(10-8-13)25(28)29/h7-12H,5-6,24H2. The van der Waals surface area contributed by atoms with E-state index in [9.17, 15) is 38.2 Å². The molecule has 0 fully saturated rings. The number of benzene rings is 2. The minimum Gasteiger partial charge on any atom is -0.398 e. The highest BCUT2D eigenvalue weighted by atomic mass is 19.4. The van der Waals surface area contributed by atoms with Crippen LogP contribution in [-0.2, 0) is 12.6 Å². The van der Waals surface area contributed by atoms with Crippen molar-refractivity contribution in [2.75, 3.05) is 5.73 Å². The lowest BCUT2D eigenvalue weighted by Crippen LogP contribution is -2.11. The highest BCUT2D eigenvalue weighted by molar-refractivity contribution is 5.97. The molecule has 8 nitrogen and oxygen atoms in total. The van der Waals surface area contributed by atoms with Crippen LogP contribution in [0.5, 0.6) is 0 Å². The molecule has 0 saturated heterocycles. The third kappa shape index (κ3) is 6.05. The highest BCUT2D eigenvalue weighted by Gasteiger charge is 2.35. The summed E-state index contributed by atoms with van der Waals surface area (Å²) in [4.78, 5) is 31.8. The molecule has 0 aliphatic carbocycles. The fourth-order valence-electron chi connectivity index (χ4n) is 2.41. The Morgan fingerprint density at radius 2 is 1.55 bits per heavy atom. The number of non-ortho nitro benzene ring substituents is 2. The Labute approximate surface area is 173 Å².